The minimum absolute atomic E-state index is 0.192. The lowest BCUT2D eigenvalue weighted by Crippen LogP contribution is -2.16. The fourth-order valence-electron chi connectivity index (χ4n) is 1.75. The van der Waals surface area contributed by atoms with Crippen molar-refractivity contribution in [3.8, 4) is 0 Å². The van der Waals surface area contributed by atoms with Gasteiger partial charge in [-0.05, 0) is 31.0 Å². The van der Waals surface area contributed by atoms with Crippen LogP contribution in [0, 0.1) is 13.8 Å². The molecule has 0 atom stereocenters. The summed E-state index contributed by atoms with van der Waals surface area (Å²) in [7, 11) is 0. The van der Waals surface area contributed by atoms with Crippen LogP contribution in [0.1, 0.15) is 16.7 Å². The quantitative estimate of drug-likeness (QED) is 0.616. The summed E-state index contributed by atoms with van der Waals surface area (Å²) in [5.41, 5.74) is 3.91. The first-order valence-electron chi connectivity index (χ1n) is 5.63. The molecule has 0 unspecified atom stereocenters. The Labute approximate surface area is 102 Å². The molecule has 1 radical (unpaired) electrons. The Bertz CT molecular complexity index is 544. The third-order valence-corrected chi connectivity index (χ3v) is 2.80. The number of nitrogens with zero attached hydrogens (tertiary/aromatic N) is 1. The highest BCUT2D eigenvalue weighted by Gasteiger charge is 2.06. The fraction of sp³-hybridized carbons (Fsp3) is 0.133. The molecule has 0 aliphatic heterocycles. The molecule has 0 bridgehead atoms. The van der Waals surface area contributed by atoms with Crippen LogP contribution in [-0.2, 0) is 0 Å². The Morgan fingerprint density at radius 1 is 0.882 bits per heavy atom. The summed E-state index contributed by atoms with van der Waals surface area (Å²) in [5.74, 6) is 0.192. The number of rotatable bonds is 2. The van der Waals surface area contributed by atoms with Crippen LogP contribution in [0.3, 0.4) is 0 Å². The molecular weight excluding hydrogens is 208 g/mol. The molecule has 2 aromatic carbocycles. The van der Waals surface area contributed by atoms with Gasteiger partial charge in [-0.15, -0.1) is 5.41 Å². The van der Waals surface area contributed by atoms with E-state index in [9.17, 15) is 5.41 Å². The van der Waals surface area contributed by atoms with Crippen molar-refractivity contribution in [2.24, 2.45) is 0 Å². The summed E-state index contributed by atoms with van der Waals surface area (Å²) in [6, 6.07) is 15.6. The van der Waals surface area contributed by atoms with Crippen molar-refractivity contribution in [3.05, 3.63) is 65.2 Å². The molecular formula is C15H15N2. The van der Waals surface area contributed by atoms with Crippen LogP contribution >= 0.6 is 0 Å². The molecule has 0 amide bonds. The largest absolute Gasteiger partial charge is 0.338 e. The highest BCUT2D eigenvalue weighted by Crippen LogP contribution is 2.15. The van der Waals surface area contributed by atoms with Crippen LogP contribution < -0.4 is 10.7 Å². The zero-order valence-corrected chi connectivity index (χ0v) is 10.1. The molecule has 0 fully saturated rings. The average molecular weight is 223 g/mol. The van der Waals surface area contributed by atoms with Gasteiger partial charge < -0.3 is 5.32 Å². The monoisotopic (exact) mass is 223 g/mol. The number of anilines is 1. The Hall–Kier alpha value is -2.09. The molecule has 0 saturated heterocycles. The van der Waals surface area contributed by atoms with Crippen molar-refractivity contribution in [3.63, 3.8) is 0 Å². The number of nitrogens with one attached hydrogen (secondary N) is 1. The first-order chi connectivity index (χ1) is 8.18. The standard InChI is InChI=1S/C15H15N2/c1-11-7-3-5-9-13(11)15(16)17-14-10-6-4-8-12(14)2/h3-10,17H,1-2H3. The summed E-state index contributed by atoms with van der Waals surface area (Å²) in [6.07, 6.45) is 0. The third-order valence-electron chi connectivity index (χ3n) is 2.80. The van der Waals surface area contributed by atoms with E-state index < -0.39 is 0 Å². The van der Waals surface area contributed by atoms with Gasteiger partial charge in [-0.3, -0.25) is 0 Å². The van der Waals surface area contributed by atoms with E-state index in [4.69, 9.17) is 0 Å². The van der Waals surface area contributed by atoms with E-state index in [1.807, 2.05) is 62.4 Å². The summed E-state index contributed by atoms with van der Waals surface area (Å²) < 4.78 is 0. The minimum Gasteiger partial charge on any atom is -0.338 e. The number of hydrogen-bond acceptors (Lipinski definition) is 0. The number of amidine groups is 1. The van der Waals surface area contributed by atoms with Gasteiger partial charge in [0.2, 0.25) is 0 Å². The van der Waals surface area contributed by atoms with Crippen LogP contribution in [0.5, 0.6) is 0 Å². The van der Waals surface area contributed by atoms with E-state index in [1.54, 1.807) is 0 Å². The summed E-state index contributed by atoms with van der Waals surface area (Å²) in [4.78, 5) is 0. The highest BCUT2D eigenvalue weighted by atomic mass is 14.9. The Morgan fingerprint density at radius 3 is 2.12 bits per heavy atom. The number of benzene rings is 2. The normalized spacial score (nSPS) is 10.0. The first-order valence-corrected chi connectivity index (χ1v) is 5.63. The van der Waals surface area contributed by atoms with Gasteiger partial charge in [-0.2, -0.15) is 0 Å². The number of para-hydroxylation sites is 1. The highest BCUT2D eigenvalue weighted by molar-refractivity contribution is 6.08. The molecule has 17 heavy (non-hydrogen) atoms. The maximum atomic E-state index is 10.1. The minimum atomic E-state index is 0.192. The predicted molar refractivity (Wildman–Crippen MR) is 72.2 cm³/mol. The SMILES string of the molecule is Cc1ccccc1NC(=[N])c1ccccc1C. The molecule has 2 rings (SSSR count). The molecule has 0 saturated carbocycles. The summed E-state index contributed by atoms with van der Waals surface area (Å²) in [5, 5.41) is 13.1. The van der Waals surface area contributed by atoms with Crippen LogP contribution in [0.4, 0.5) is 5.69 Å². The number of aryl methyl sites for hydroxylation is 2. The van der Waals surface area contributed by atoms with Crippen LogP contribution in [0.2, 0.25) is 0 Å². The van der Waals surface area contributed by atoms with Crippen LogP contribution in [-0.4, -0.2) is 5.84 Å². The lowest BCUT2D eigenvalue weighted by molar-refractivity contribution is 1.40. The van der Waals surface area contributed by atoms with Crippen molar-refractivity contribution in [2.45, 2.75) is 13.8 Å². The van der Waals surface area contributed by atoms with E-state index in [2.05, 4.69) is 5.32 Å². The second-order valence-corrected chi connectivity index (χ2v) is 4.10. The van der Waals surface area contributed by atoms with Crippen molar-refractivity contribution < 1.29 is 0 Å². The van der Waals surface area contributed by atoms with E-state index in [0.29, 0.717) is 0 Å². The Balaban J connectivity index is 2.24. The average Bonchev–Trinajstić information content (AvgIpc) is 2.32. The molecule has 85 valence electrons. The van der Waals surface area contributed by atoms with Gasteiger partial charge >= 0.3 is 0 Å². The van der Waals surface area contributed by atoms with Crippen LogP contribution in [0.25, 0.3) is 0 Å². The van der Waals surface area contributed by atoms with E-state index >= 15 is 0 Å². The maximum absolute atomic E-state index is 10.1. The third kappa shape index (κ3) is 2.53. The van der Waals surface area contributed by atoms with E-state index in [0.717, 1.165) is 22.4 Å². The molecule has 0 aromatic heterocycles. The van der Waals surface area contributed by atoms with Gasteiger partial charge in [0.05, 0.1) is 0 Å². The van der Waals surface area contributed by atoms with E-state index in [1.165, 1.54) is 0 Å². The second-order valence-electron chi connectivity index (χ2n) is 4.10. The van der Waals surface area contributed by atoms with Crippen molar-refractivity contribution >= 4 is 11.5 Å². The molecule has 0 aliphatic carbocycles. The molecule has 0 aliphatic rings. The summed E-state index contributed by atoms with van der Waals surface area (Å²) in [6.45, 7) is 3.98. The molecule has 1 N–H and O–H groups in total. The van der Waals surface area contributed by atoms with Gasteiger partial charge in [0.1, 0.15) is 0 Å². The van der Waals surface area contributed by atoms with Crippen molar-refractivity contribution in [1.29, 1.82) is 0 Å². The van der Waals surface area contributed by atoms with Crippen LogP contribution in [0.15, 0.2) is 48.5 Å². The molecule has 2 heteroatoms. The maximum Gasteiger partial charge on any atom is 0.160 e. The van der Waals surface area contributed by atoms with Gasteiger partial charge in [0.15, 0.2) is 5.84 Å². The molecule has 0 spiro atoms. The lowest BCUT2D eigenvalue weighted by atomic mass is 10.1. The fourth-order valence-corrected chi connectivity index (χ4v) is 1.75. The zero-order valence-electron chi connectivity index (χ0n) is 10.1. The molecule has 2 aromatic rings. The smallest absolute Gasteiger partial charge is 0.160 e. The van der Waals surface area contributed by atoms with Gasteiger partial charge in [-0.1, -0.05) is 42.5 Å². The molecule has 2 nitrogen and oxygen atoms in total. The second kappa shape index (κ2) is 4.83. The zero-order chi connectivity index (χ0) is 12.3. The topological polar surface area (TPSA) is 34.3 Å². The summed E-state index contributed by atoms with van der Waals surface area (Å²) >= 11 is 0. The van der Waals surface area contributed by atoms with Crippen molar-refractivity contribution in [2.75, 3.05) is 5.32 Å². The van der Waals surface area contributed by atoms with Gasteiger partial charge in [-0.25, -0.2) is 0 Å². The Kier molecular flexibility index (Phi) is 3.24. The van der Waals surface area contributed by atoms with Gasteiger partial charge in [0, 0.05) is 11.3 Å². The van der Waals surface area contributed by atoms with E-state index in [-0.39, 0.29) is 5.84 Å². The lowest BCUT2D eigenvalue weighted by Gasteiger charge is -2.11. The van der Waals surface area contributed by atoms with Gasteiger partial charge in [0.25, 0.3) is 0 Å². The Morgan fingerprint density at radius 2 is 1.47 bits per heavy atom. The number of hydrogen-bond donors (Lipinski definition) is 1. The first kappa shape index (κ1) is 11.4. The predicted octanol–water partition coefficient (Wildman–Crippen LogP) is 2.96. The van der Waals surface area contributed by atoms with Crippen molar-refractivity contribution in [1.82, 2.24) is 5.41 Å². The molecule has 0 heterocycles.